The number of imide groups is 1. The molecule has 0 spiro atoms. The molecule has 86 valence electrons. The molecule has 3 N–H and O–H groups in total. The number of nitrogens with two attached hydrogens (primary N) is 1. The number of carboxylic acid groups (broad SMARTS) is 1. The van der Waals surface area contributed by atoms with Crippen LogP contribution in [0.1, 0.15) is 0 Å². The molecular formula is C7H12N2O4S2. The number of amides is 2. The van der Waals surface area contributed by atoms with Crippen molar-refractivity contribution in [3.05, 3.63) is 0 Å². The molecule has 0 rings (SSSR count). The summed E-state index contributed by atoms with van der Waals surface area (Å²) in [4.78, 5) is 33.9. The minimum absolute atomic E-state index is 0.166. The quantitative estimate of drug-likeness (QED) is 0.452. The Hall–Kier alpha value is -0.730. The Bertz CT molecular complexity index is 256. The summed E-state index contributed by atoms with van der Waals surface area (Å²) in [5, 5.41) is 8.77. The van der Waals surface area contributed by atoms with E-state index in [9.17, 15) is 14.4 Å². The number of carboxylic acids is 1. The lowest BCUT2D eigenvalue weighted by atomic mass is 10.2. The molecule has 8 heteroatoms. The molecule has 0 heterocycles. The zero-order valence-electron chi connectivity index (χ0n) is 7.79. The van der Waals surface area contributed by atoms with Crippen LogP contribution in [0.5, 0.6) is 0 Å². The van der Waals surface area contributed by atoms with Gasteiger partial charge in [0.1, 0.15) is 6.04 Å². The number of aliphatic carboxylic acids is 1. The number of nitrogens with zero attached hydrogens (tertiary/aromatic N) is 1. The number of thiol groups is 2. The molecule has 0 saturated heterocycles. The van der Waals surface area contributed by atoms with Crippen LogP contribution in [-0.4, -0.2) is 51.9 Å². The fourth-order valence-corrected chi connectivity index (χ4v) is 1.40. The number of hydrogen-bond acceptors (Lipinski definition) is 6. The number of hydrogen-bond donors (Lipinski definition) is 4. The van der Waals surface area contributed by atoms with Gasteiger partial charge in [-0.2, -0.15) is 25.3 Å². The lowest BCUT2D eigenvalue weighted by Gasteiger charge is -2.24. The zero-order valence-corrected chi connectivity index (χ0v) is 9.58. The molecule has 15 heavy (non-hydrogen) atoms. The summed E-state index contributed by atoms with van der Waals surface area (Å²) < 4.78 is 0. The van der Waals surface area contributed by atoms with Crippen LogP contribution in [0, 0.1) is 0 Å². The number of rotatable bonds is 5. The second-order valence-corrected chi connectivity index (χ2v) is 3.24. The standard InChI is InChI=1S/C7H12N2O4S2/c8-1-5(10)9(6(11)3-15)4(2-14)7(12)13/h4,14-15H,1-3,8H2,(H,12,13)/t4-/m0/s1. The van der Waals surface area contributed by atoms with E-state index in [2.05, 4.69) is 25.3 Å². The van der Waals surface area contributed by atoms with E-state index in [1.54, 1.807) is 0 Å². The Balaban J connectivity index is 4.98. The van der Waals surface area contributed by atoms with Gasteiger partial charge in [0.15, 0.2) is 0 Å². The van der Waals surface area contributed by atoms with Crippen molar-refractivity contribution in [2.75, 3.05) is 18.1 Å². The van der Waals surface area contributed by atoms with Crippen LogP contribution in [0.3, 0.4) is 0 Å². The second-order valence-electron chi connectivity index (χ2n) is 2.56. The first-order chi connectivity index (χ1) is 6.99. The van der Waals surface area contributed by atoms with Crippen molar-refractivity contribution in [1.29, 1.82) is 0 Å². The maximum absolute atomic E-state index is 11.3. The third-order valence-corrected chi connectivity index (χ3v) is 2.23. The Morgan fingerprint density at radius 1 is 1.27 bits per heavy atom. The van der Waals surface area contributed by atoms with Crippen LogP contribution in [0.4, 0.5) is 0 Å². The molecule has 0 bridgehead atoms. The maximum atomic E-state index is 11.3. The van der Waals surface area contributed by atoms with Gasteiger partial charge in [0, 0.05) is 5.75 Å². The van der Waals surface area contributed by atoms with Gasteiger partial charge in [-0.15, -0.1) is 0 Å². The molecule has 1 atom stereocenters. The van der Waals surface area contributed by atoms with Crippen LogP contribution in [0.15, 0.2) is 0 Å². The average Bonchev–Trinajstić information content (AvgIpc) is 2.23. The predicted octanol–water partition coefficient (Wildman–Crippen LogP) is -1.39. The molecule has 2 amide bonds. The van der Waals surface area contributed by atoms with Crippen molar-refractivity contribution in [3.8, 4) is 0 Å². The molecule has 0 aliphatic carbocycles. The normalized spacial score (nSPS) is 11.9. The molecule has 0 aromatic heterocycles. The fourth-order valence-electron chi connectivity index (χ4n) is 0.931. The first kappa shape index (κ1) is 14.3. The van der Waals surface area contributed by atoms with E-state index in [0.29, 0.717) is 4.90 Å². The first-order valence-electron chi connectivity index (χ1n) is 3.99. The highest BCUT2D eigenvalue weighted by Crippen LogP contribution is 2.05. The molecule has 0 fully saturated rings. The Labute approximate surface area is 97.6 Å². The summed E-state index contributed by atoms with van der Waals surface area (Å²) in [6.07, 6.45) is 0. The van der Waals surface area contributed by atoms with Crippen LogP contribution in [-0.2, 0) is 14.4 Å². The van der Waals surface area contributed by atoms with Crippen LogP contribution < -0.4 is 5.73 Å². The summed E-state index contributed by atoms with van der Waals surface area (Å²) in [5.74, 6) is -3.18. The molecule has 0 radical (unpaired) electrons. The van der Waals surface area contributed by atoms with E-state index in [4.69, 9.17) is 10.8 Å². The van der Waals surface area contributed by atoms with Crippen LogP contribution in [0.2, 0.25) is 0 Å². The van der Waals surface area contributed by atoms with Gasteiger partial charge in [-0.25, -0.2) is 4.79 Å². The van der Waals surface area contributed by atoms with Gasteiger partial charge in [0.2, 0.25) is 11.8 Å². The zero-order chi connectivity index (χ0) is 12.0. The molecule has 0 aliphatic rings. The van der Waals surface area contributed by atoms with Gasteiger partial charge in [0.25, 0.3) is 0 Å². The highest BCUT2D eigenvalue weighted by Gasteiger charge is 2.32. The predicted molar refractivity (Wildman–Crippen MR) is 60.0 cm³/mol. The monoisotopic (exact) mass is 252 g/mol. The fraction of sp³-hybridized carbons (Fsp3) is 0.571. The third-order valence-electron chi connectivity index (χ3n) is 1.62. The van der Waals surface area contributed by atoms with Crippen LogP contribution in [0.25, 0.3) is 0 Å². The van der Waals surface area contributed by atoms with E-state index in [-0.39, 0.29) is 11.5 Å². The van der Waals surface area contributed by atoms with Crippen molar-refractivity contribution < 1.29 is 19.5 Å². The second kappa shape index (κ2) is 6.70. The van der Waals surface area contributed by atoms with E-state index in [0.717, 1.165) is 0 Å². The van der Waals surface area contributed by atoms with Gasteiger partial charge < -0.3 is 10.8 Å². The van der Waals surface area contributed by atoms with Gasteiger partial charge in [-0.3, -0.25) is 14.5 Å². The summed E-state index contributed by atoms with van der Waals surface area (Å²) in [7, 11) is 0. The number of carbonyl (C=O) groups is 3. The van der Waals surface area contributed by atoms with Crippen molar-refractivity contribution in [2.24, 2.45) is 5.73 Å². The highest BCUT2D eigenvalue weighted by atomic mass is 32.1. The molecule has 0 aromatic carbocycles. The lowest BCUT2D eigenvalue weighted by Crippen LogP contribution is -2.52. The highest BCUT2D eigenvalue weighted by molar-refractivity contribution is 7.81. The van der Waals surface area contributed by atoms with Gasteiger partial charge in [-0.1, -0.05) is 0 Å². The minimum Gasteiger partial charge on any atom is -0.480 e. The van der Waals surface area contributed by atoms with E-state index in [1.165, 1.54) is 0 Å². The molecule has 0 aliphatic heterocycles. The summed E-state index contributed by atoms with van der Waals surface area (Å²) in [5.41, 5.74) is 5.07. The molecular weight excluding hydrogens is 240 g/mol. The van der Waals surface area contributed by atoms with E-state index < -0.39 is 30.4 Å². The van der Waals surface area contributed by atoms with Gasteiger partial charge in [-0.05, 0) is 0 Å². The first-order valence-corrected chi connectivity index (χ1v) is 5.25. The molecule has 0 saturated carbocycles. The summed E-state index contributed by atoms with van der Waals surface area (Å²) in [6, 6.07) is -1.30. The van der Waals surface area contributed by atoms with Crippen molar-refractivity contribution in [1.82, 2.24) is 4.90 Å². The van der Waals surface area contributed by atoms with Crippen LogP contribution >= 0.6 is 25.3 Å². The molecule has 0 aromatic rings. The smallest absolute Gasteiger partial charge is 0.327 e. The summed E-state index contributed by atoms with van der Waals surface area (Å²) in [6.45, 7) is -0.433. The number of carbonyl (C=O) groups excluding carboxylic acids is 2. The SMILES string of the molecule is NCC(=O)N(C(=O)CS)[C@@H](CS)C(=O)O. The van der Waals surface area contributed by atoms with Crippen molar-refractivity contribution in [2.45, 2.75) is 6.04 Å². The van der Waals surface area contributed by atoms with Gasteiger partial charge in [0.05, 0.1) is 12.3 Å². The van der Waals surface area contributed by atoms with E-state index >= 15 is 0 Å². The largest absolute Gasteiger partial charge is 0.480 e. The third kappa shape index (κ3) is 3.73. The topological polar surface area (TPSA) is 101 Å². The van der Waals surface area contributed by atoms with E-state index in [1.807, 2.05) is 0 Å². The Morgan fingerprint density at radius 3 is 2.07 bits per heavy atom. The Morgan fingerprint density at radius 2 is 1.80 bits per heavy atom. The van der Waals surface area contributed by atoms with Gasteiger partial charge >= 0.3 is 5.97 Å². The molecule has 0 unspecified atom stereocenters. The summed E-state index contributed by atoms with van der Waals surface area (Å²) >= 11 is 7.46. The molecule has 6 nitrogen and oxygen atoms in total. The maximum Gasteiger partial charge on any atom is 0.327 e. The van der Waals surface area contributed by atoms with Crippen molar-refractivity contribution in [3.63, 3.8) is 0 Å². The Kier molecular flexibility index (Phi) is 6.37. The van der Waals surface area contributed by atoms with Crippen molar-refractivity contribution >= 4 is 43.0 Å². The minimum atomic E-state index is -1.30. The lowest BCUT2D eigenvalue weighted by molar-refractivity contribution is -0.155. The average molecular weight is 252 g/mol.